The number of aromatic nitrogens is 3. The molecule has 0 unspecified atom stereocenters. The topological polar surface area (TPSA) is 198 Å². The summed E-state index contributed by atoms with van der Waals surface area (Å²) in [4.78, 5) is 44.3. The summed E-state index contributed by atoms with van der Waals surface area (Å²) in [7, 11) is 4.80. The molecule has 0 spiro atoms. The molecule has 18 heteroatoms. The van der Waals surface area contributed by atoms with Crippen LogP contribution in [-0.4, -0.2) is 36.3 Å². The molecule has 0 aliphatic heterocycles. The SMILES string of the molecule is COc1ccc(CSc2[nH]c(=O)c(C#N)c3c(F)cccc23)cc1.COc1cccc(CSc2[nH]c(=O)c(C#N)c3c(F)cccc23)c1.COc1ccccc1CSc1[nH]c(=O)c(C#N)c2c(F)cccc12. The molecule has 12 nitrogen and oxygen atoms in total. The maximum Gasteiger partial charge on any atom is 0.267 e. The van der Waals surface area contributed by atoms with Crippen molar-refractivity contribution < 1.29 is 27.4 Å². The molecule has 72 heavy (non-hydrogen) atoms. The van der Waals surface area contributed by atoms with E-state index in [0.717, 1.165) is 33.9 Å². The first kappa shape index (κ1) is 51.5. The van der Waals surface area contributed by atoms with Crippen molar-refractivity contribution in [2.75, 3.05) is 21.3 Å². The van der Waals surface area contributed by atoms with Crippen molar-refractivity contribution in [3.63, 3.8) is 0 Å². The van der Waals surface area contributed by atoms with Gasteiger partial charge in [-0.15, -0.1) is 35.3 Å². The third-order valence-corrected chi connectivity index (χ3v) is 14.1. The molecule has 3 heterocycles. The van der Waals surface area contributed by atoms with Gasteiger partial charge in [0, 0.05) is 55.1 Å². The number of nitrogens with one attached hydrogen (secondary N) is 3. The molecule has 3 aromatic heterocycles. The molecule has 9 aromatic rings. The van der Waals surface area contributed by atoms with Crippen LogP contribution in [0.3, 0.4) is 0 Å². The number of hydrogen-bond acceptors (Lipinski definition) is 12. The highest BCUT2D eigenvalue weighted by Gasteiger charge is 2.18. The Bertz CT molecular complexity index is 3790. The third kappa shape index (κ3) is 11.6. The summed E-state index contributed by atoms with van der Waals surface area (Å²) in [5, 5.41) is 30.8. The number of H-pyrrole nitrogens is 3. The molecule has 0 aliphatic rings. The van der Waals surface area contributed by atoms with Crippen molar-refractivity contribution >= 4 is 67.6 Å². The minimum atomic E-state index is -0.586. The quantitative estimate of drug-likeness (QED) is 0.0981. The number of pyridine rings is 3. The summed E-state index contributed by atoms with van der Waals surface area (Å²) in [5.41, 5.74) is 0.660. The number of aromatic amines is 3. The summed E-state index contributed by atoms with van der Waals surface area (Å²) < 4.78 is 58.0. The maximum atomic E-state index is 14.1. The van der Waals surface area contributed by atoms with E-state index >= 15 is 0 Å². The van der Waals surface area contributed by atoms with E-state index in [1.165, 1.54) is 53.5 Å². The Morgan fingerprint density at radius 3 is 1.31 bits per heavy atom. The van der Waals surface area contributed by atoms with Crippen molar-refractivity contribution in [3.8, 4) is 35.5 Å². The molecule has 0 atom stereocenters. The fourth-order valence-corrected chi connectivity index (χ4v) is 10.4. The number of methoxy groups -OCH3 is 3. The molecule has 0 saturated carbocycles. The largest absolute Gasteiger partial charge is 0.497 e. The Morgan fingerprint density at radius 2 is 0.875 bits per heavy atom. The Kier molecular flexibility index (Phi) is 17.2. The highest BCUT2D eigenvalue weighted by atomic mass is 32.2. The molecule has 0 fully saturated rings. The number of ether oxygens (including phenoxy) is 3. The number of nitrogens with zero attached hydrogens (tertiary/aromatic N) is 3. The van der Waals surface area contributed by atoms with Gasteiger partial charge in [-0.25, -0.2) is 13.2 Å². The smallest absolute Gasteiger partial charge is 0.267 e. The molecule has 0 radical (unpaired) electrons. The minimum absolute atomic E-state index is 0.0614. The van der Waals surface area contributed by atoms with Gasteiger partial charge in [-0.05, 0) is 59.7 Å². The Labute approximate surface area is 422 Å². The average molecular weight is 1020 g/mol. The predicted octanol–water partition coefficient (Wildman–Crippen LogP) is 11.5. The normalized spacial score (nSPS) is 10.5. The summed E-state index contributed by atoms with van der Waals surface area (Å²) in [6.45, 7) is 0. The molecule has 9 rings (SSSR count). The Morgan fingerprint density at radius 1 is 0.458 bits per heavy atom. The highest BCUT2D eigenvalue weighted by molar-refractivity contribution is 7.99. The van der Waals surface area contributed by atoms with Gasteiger partial charge in [0.2, 0.25) is 0 Å². The van der Waals surface area contributed by atoms with Crippen molar-refractivity contribution in [1.82, 2.24) is 15.0 Å². The zero-order valence-electron chi connectivity index (χ0n) is 38.4. The Balaban J connectivity index is 0.000000158. The van der Waals surface area contributed by atoms with Crippen LogP contribution in [0.5, 0.6) is 17.2 Å². The van der Waals surface area contributed by atoms with Gasteiger partial charge < -0.3 is 29.2 Å². The van der Waals surface area contributed by atoms with E-state index in [0.29, 0.717) is 48.5 Å². The van der Waals surface area contributed by atoms with Crippen LogP contribution in [0, 0.1) is 51.4 Å². The second kappa shape index (κ2) is 24.0. The molecule has 0 aliphatic carbocycles. The highest BCUT2D eigenvalue weighted by Crippen LogP contribution is 2.34. The van der Waals surface area contributed by atoms with Gasteiger partial charge in [0.05, 0.1) is 36.4 Å². The number of para-hydroxylation sites is 1. The van der Waals surface area contributed by atoms with Gasteiger partial charge in [-0.2, -0.15) is 15.8 Å². The van der Waals surface area contributed by atoms with E-state index in [1.54, 1.807) is 75.9 Å². The van der Waals surface area contributed by atoms with Crippen molar-refractivity contribution in [3.05, 3.63) is 209 Å². The monoisotopic (exact) mass is 1020 g/mol. The third-order valence-electron chi connectivity index (χ3n) is 10.8. The van der Waals surface area contributed by atoms with Crippen molar-refractivity contribution in [2.45, 2.75) is 32.3 Å². The van der Waals surface area contributed by atoms with Crippen LogP contribution in [-0.2, 0) is 17.3 Å². The summed E-state index contributed by atoms with van der Waals surface area (Å²) >= 11 is 4.13. The zero-order chi connectivity index (χ0) is 51.3. The lowest BCUT2D eigenvalue weighted by atomic mass is 10.1. The number of nitriles is 3. The van der Waals surface area contributed by atoms with E-state index < -0.39 is 34.1 Å². The van der Waals surface area contributed by atoms with Crippen molar-refractivity contribution in [2.24, 2.45) is 0 Å². The maximum absolute atomic E-state index is 14.1. The fraction of sp³-hybridized carbons (Fsp3) is 0.111. The minimum Gasteiger partial charge on any atom is -0.497 e. The second-order valence-corrected chi connectivity index (χ2v) is 18.1. The van der Waals surface area contributed by atoms with Crippen LogP contribution in [0.15, 0.2) is 157 Å². The number of halogens is 3. The second-order valence-electron chi connectivity index (χ2n) is 15.2. The number of benzene rings is 6. The van der Waals surface area contributed by atoms with E-state index in [-0.39, 0.29) is 32.8 Å². The lowest BCUT2D eigenvalue weighted by Gasteiger charge is -2.10. The van der Waals surface area contributed by atoms with Gasteiger partial charge >= 0.3 is 0 Å². The standard InChI is InChI=1S/3C18H13FN2O2S/c1-23-12-5-2-4-11(8-12)10-24-18-13-6-3-7-15(19)16(13)14(9-20)17(22)21-18;1-23-15-8-3-2-5-11(15)10-24-18-12-6-4-7-14(19)16(12)13(9-20)17(22)21-18;1-23-12-7-5-11(6-8-12)10-24-18-13-3-2-4-15(19)16(13)14(9-20)17(22)21-18/h3*2-8H,10H2,1H3,(H,21,22). The molecular formula is C54H39F3N6O6S3. The lowest BCUT2D eigenvalue weighted by molar-refractivity contribution is 0.411. The number of fused-ring (bicyclic) bond motifs is 3. The summed E-state index contributed by atoms with van der Waals surface area (Å²) in [6, 6.07) is 41.6. The fourth-order valence-electron chi connectivity index (χ4n) is 7.37. The predicted molar refractivity (Wildman–Crippen MR) is 275 cm³/mol. The van der Waals surface area contributed by atoms with E-state index in [9.17, 15) is 27.6 Å². The van der Waals surface area contributed by atoms with Crippen LogP contribution in [0.2, 0.25) is 0 Å². The molecule has 0 saturated heterocycles. The van der Waals surface area contributed by atoms with Crippen LogP contribution < -0.4 is 30.9 Å². The van der Waals surface area contributed by atoms with Crippen LogP contribution in [0.25, 0.3) is 32.3 Å². The van der Waals surface area contributed by atoms with E-state index in [4.69, 9.17) is 30.0 Å². The van der Waals surface area contributed by atoms with Crippen LogP contribution >= 0.6 is 35.3 Å². The van der Waals surface area contributed by atoms with Gasteiger partial charge in [0.25, 0.3) is 16.7 Å². The lowest BCUT2D eigenvalue weighted by Crippen LogP contribution is -2.12. The van der Waals surface area contributed by atoms with Crippen LogP contribution in [0.1, 0.15) is 33.4 Å². The first-order chi connectivity index (χ1) is 34.9. The Hall–Kier alpha value is -8.34. The van der Waals surface area contributed by atoms with Crippen molar-refractivity contribution in [1.29, 1.82) is 15.8 Å². The first-order valence-electron chi connectivity index (χ1n) is 21.4. The summed E-state index contributed by atoms with van der Waals surface area (Å²) in [5.74, 6) is 2.26. The van der Waals surface area contributed by atoms with Crippen LogP contribution in [0.4, 0.5) is 13.2 Å². The number of thioether (sulfide) groups is 3. The zero-order valence-corrected chi connectivity index (χ0v) is 40.8. The number of rotatable bonds is 12. The molecular weight excluding hydrogens is 982 g/mol. The van der Waals surface area contributed by atoms with Gasteiger partial charge in [0.15, 0.2) is 0 Å². The van der Waals surface area contributed by atoms with Gasteiger partial charge in [-0.1, -0.05) is 78.9 Å². The van der Waals surface area contributed by atoms with Gasteiger partial charge in [-0.3, -0.25) is 14.4 Å². The molecule has 3 N–H and O–H groups in total. The van der Waals surface area contributed by atoms with E-state index in [2.05, 4.69) is 15.0 Å². The number of hydrogen-bond donors (Lipinski definition) is 3. The average Bonchev–Trinajstić information content (AvgIpc) is 3.40. The molecule has 0 amide bonds. The molecule has 0 bridgehead atoms. The first-order valence-corrected chi connectivity index (χ1v) is 24.4. The molecule has 6 aromatic carbocycles. The van der Waals surface area contributed by atoms with Gasteiger partial charge in [0.1, 0.15) is 69.6 Å². The molecule has 360 valence electrons. The van der Waals surface area contributed by atoms with E-state index in [1.807, 2.05) is 72.8 Å². The summed E-state index contributed by atoms with van der Waals surface area (Å²) in [6.07, 6.45) is 0.